The Morgan fingerprint density at radius 3 is 2.15 bits per heavy atom. The van der Waals surface area contributed by atoms with Crippen LogP contribution in [0.2, 0.25) is 0 Å². The van der Waals surface area contributed by atoms with E-state index in [2.05, 4.69) is 18.0 Å². The molecular formula is C21H27NO4. The van der Waals surface area contributed by atoms with Crippen LogP contribution in [0.3, 0.4) is 0 Å². The zero-order valence-corrected chi connectivity index (χ0v) is 15.9. The molecule has 26 heavy (non-hydrogen) atoms. The van der Waals surface area contributed by atoms with Gasteiger partial charge in [0.15, 0.2) is 23.0 Å². The zero-order valence-electron chi connectivity index (χ0n) is 15.9. The molecule has 0 fully saturated rings. The lowest BCUT2D eigenvalue weighted by atomic mass is 10.1. The molecule has 0 bridgehead atoms. The summed E-state index contributed by atoms with van der Waals surface area (Å²) in [5.41, 5.74) is 3.21. The molecule has 2 aromatic carbocycles. The molecule has 0 aromatic heterocycles. The number of hydrogen-bond acceptors (Lipinski definition) is 5. The van der Waals surface area contributed by atoms with E-state index < -0.39 is 0 Å². The van der Waals surface area contributed by atoms with E-state index in [9.17, 15) is 0 Å². The van der Waals surface area contributed by atoms with Gasteiger partial charge in [-0.25, -0.2) is 0 Å². The number of para-hydroxylation sites is 1. The predicted molar refractivity (Wildman–Crippen MR) is 104 cm³/mol. The van der Waals surface area contributed by atoms with E-state index in [4.69, 9.17) is 18.9 Å². The summed E-state index contributed by atoms with van der Waals surface area (Å²) in [5.74, 6) is 2.96. The number of ether oxygens (including phenoxy) is 4. The fraction of sp³-hybridized carbons (Fsp3) is 0.333. The van der Waals surface area contributed by atoms with Crippen LogP contribution in [-0.2, 0) is 19.5 Å². The number of nitrogens with one attached hydrogen (secondary N) is 1. The van der Waals surface area contributed by atoms with Crippen molar-refractivity contribution in [2.45, 2.75) is 19.5 Å². The van der Waals surface area contributed by atoms with Gasteiger partial charge in [0.25, 0.3) is 0 Å². The van der Waals surface area contributed by atoms with Crippen LogP contribution in [0.5, 0.6) is 23.0 Å². The minimum Gasteiger partial charge on any atom is -0.493 e. The van der Waals surface area contributed by atoms with Crippen LogP contribution in [0.1, 0.15) is 16.7 Å². The Kier molecular flexibility index (Phi) is 7.36. The average Bonchev–Trinajstić information content (AvgIpc) is 2.67. The van der Waals surface area contributed by atoms with Crippen molar-refractivity contribution in [2.75, 3.05) is 28.4 Å². The lowest BCUT2D eigenvalue weighted by molar-refractivity contribution is 0.350. The van der Waals surface area contributed by atoms with Gasteiger partial charge >= 0.3 is 0 Å². The maximum atomic E-state index is 5.48. The van der Waals surface area contributed by atoms with Gasteiger partial charge in [-0.15, -0.1) is 6.58 Å². The smallest absolute Gasteiger partial charge is 0.165 e. The lowest BCUT2D eigenvalue weighted by Gasteiger charge is -2.16. The number of rotatable bonds is 10. The summed E-state index contributed by atoms with van der Waals surface area (Å²) in [6, 6.07) is 9.96. The van der Waals surface area contributed by atoms with Crippen LogP contribution >= 0.6 is 0 Å². The molecule has 0 saturated heterocycles. The molecule has 0 aliphatic heterocycles. The van der Waals surface area contributed by atoms with Crippen molar-refractivity contribution in [3.8, 4) is 23.0 Å². The lowest BCUT2D eigenvalue weighted by Crippen LogP contribution is -2.14. The summed E-state index contributed by atoms with van der Waals surface area (Å²) in [6.45, 7) is 5.16. The van der Waals surface area contributed by atoms with Crippen LogP contribution in [0, 0.1) is 0 Å². The van der Waals surface area contributed by atoms with E-state index in [0.717, 1.165) is 46.1 Å². The number of allylic oxidation sites excluding steroid dienone is 1. The molecule has 0 spiro atoms. The van der Waals surface area contributed by atoms with Gasteiger partial charge in [0.05, 0.1) is 28.4 Å². The maximum Gasteiger partial charge on any atom is 0.165 e. The van der Waals surface area contributed by atoms with Crippen LogP contribution in [0.15, 0.2) is 43.0 Å². The summed E-state index contributed by atoms with van der Waals surface area (Å²) in [7, 11) is 6.59. The fourth-order valence-electron chi connectivity index (χ4n) is 2.95. The first kappa shape index (κ1) is 19.7. The predicted octanol–water partition coefficient (Wildman–Crippen LogP) is 3.74. The molecule has 2 aromatic rings. The topological polar surface area (TPSA) is 49.0 Å². The van der Waals surface area contributed by atoms with Crippen molar-refractivity contribution in [2.24, 2.45) is 0 Å². The van der Waals surface area contributed by atoms with Crippen molar-refractivity contribution in [3.05, 3.63) is 59.7 Å². The highest BCUT2D eigenvalue weighted by Gasteiger charge is 2.12. The Bertz CT molecular complexity index is 743. The van der Waals surface area contributed by atoms with Crippen molar-refractivity contribution in [1.82, 2.24) is 5.32 Å². The third-order valence-corrected chi connectivity index (χ3v) is 4.11. The molecule has 0 heterocycles. The quantitative estimate of drug-likeness (QED) is 0.657. The molecule has 5 nitrogen and oxygen atoms in total. The van der Waals surface area contributed by atoms with Gasteiger partial charge in [-0.2, -0.15) is 0 Å². The van der Waals surface area contributed by atoms with Gasteiger partial charge in [0.2, 0.25) is 0 Å². The summed E-state index contributed by atoms with van der Waals surface area (Å²) in [6.07, 6.45) is 2.58. The molecule has 0 aliphatic carbocycles. The molecule has 0 atom stereocenters. The first-order chi connectivity index (χ1) is 12.7. The second kappa shape index (κ2) is 9.73. The molecule has 0 aliphatic rings. The Morgan fingerprint density at radius 2 is 1.54 bits per heavy atom. The standard InChI is InChI=1S/C21H27NO4/c1-6-8-16-11-15(12-19(24-3)20(16)25-4)13-22-14-17-9-7-10-18(23-2)21(17)26-5/h6-7,9-12,22H,1,8,13-14H2,2-5H3. The molecule has 1 N–H and O–H groups in total. The molecule has 0 radical (unpaired) electrons. The van der Waals surface area contributed by atoms with Crippen LogP contribution in [0.25, 0.3) is 0 Å². The second-order valence-electron chi connectivity index (χ2n) is 5.74. The van der Waals surface area contributed by atoms with E-state index >= 15 is 0 Å². The average molecular weight is 357 g/mol. The number of benzene rings is 2. The molecule has 0 unspecified atom stereocenters. The van der Waals surface area contributed by atoms with Crippen molar-refractivity contribution >= 4 is 0 Å². The monoisotopic (exact) mass is 357 g/mol. The number of hydrogen-bond donors (Lipinski definition) is 1. The van der Waals surface area contributed by atoms with E-state index in [0.29, 0.717) is 13.1 Å². The molecule has 5 heteroatoms. The molecule has 0 saturated carbocycles. The summed E-state index contributed by atoms with van der Waals surface area (Å²) in [5, 5.41) is 3.44. The highest BCUT2D eigenvalue weighted by Crippen LogP contribution is 2.33. The highest BCUT2D eigenvalue weighted by atomic mass is 16.5. The molecular weight excluding hydrogens is 330 g/mol. The number of methoxy groups -OCH3 is 4. The minimum atomic E-state index is 0.658. The Labute approximate surface area is 155 Å². The van der Waals surface area contributed by atoms with E-state index in [1.165, 1.54) is 0 Å². The van der Waals surface area contributed by atoms with Gasteiger partial charge in [0.1, 0.15) is 0 Å². The molecule has 140 valence electrons. The Hall–Kier alpha value is -2.66. The van der Waals surface area contributed by atoms with E-state index in [-0.39, 0.29) is 0 Å². The SMILES string of the molecule is C=CCc1cc(CNCc2cccc(OC)c2OC)cc(OC)c1OC. The van der Waals surface area contributed by atoms with Crippen molar-refractivity contribution in [1.29, 1.82) is 0 Å². The second-order valence-corrected chi connectivity index (χ2v) is 5.74. The van der Waals surface area contributed by atoms with Crippen LogP contribution < -0.4 is 24.3 Å². The van der Waals surface area contributed by atoms with Gasteiger partial charge in [-0.3, -0.25) is 0 Å². The Balaban J connectivity index is 2.15. The largest absolute Gasteiger partial charge is 0.493 e. The normalized spacial score (nSPS) is 10.3. The maximum absolute atomic E-state index is 5.48. The van der Waals surface area contributed by atoms with E-state index in [1.807, 2.05) is 30.3 Å². The summed E-state index contributed by atoms with van der Waals surface area (Å²) >= 11 is 0. The first-order valence-electron chi connectivity index (χ1n) is 8.43. The van der Waals surface area contributed by atoms with Crippen LogP contribution in [0.4, 0.5) is 0 Å². The highest BCUT2D eigenvalue weighted by molar-refractivity contribution is 5.50. The summed E-state index contributed by atoms with van der Waals surface area (Å²) < 4.78 is 21.8. The van der Waals surface area contributed by atoms with Gasteiger partial charge in [-0.05, 0) is 24.1 Å². The fourth-order valence-corrected chi connectivity index (χ4v) is 2.95. The molecule has 0 amide bonds. The van der Waals surface area contributed by atoms with Gasteiger partial charge in [-0.1, -0.05) is 24.3 Å². The third-order valence-electron chi connectivity index (χ3n) is 4.11. The molecule has 2 rings (SSSR count). The van der Waals surface area contributed by atoms with E-state index in [1.54, 1.807) is 28.4 Å². The van der Waals surface area contributed by atoms with Crippen molar-refractivity contribution in [3.63, 3.8) is 0 Å². The van der Waals surface area contributed by atoms with Gasteiger partial charge in [0, 0.05) is 24.2 Å². The van der Waals surface area contributed by atoms with Crippen LogP contribution in [-0.4, -0.2) is 28.4 Å². The van der Waals surface area contributed by atoms with Crippen molar-refractivity contribution < 1.29 is 18.9 Å². The van der Waals surface area contributed by atoms with Gasteiger partial charge < -0.3 is 24.3 Å². The Morgan fingerprint density at radius 1 is 0.846 bits per heavy atom. The third kappa shape index (κ3) is 4.49. The minimum absolute atomic E-state index is 0.658. The summed E-state index contributed by atoms with van der Waals surface area (Å²) in [4.78, 5) is 0. The zero-order chi connectivity index (χ0) is 18.9. The first-order valence-corrected chi connectivity index (χ1v) is 8.43.